The number of nitrogens with zero attached hydrogens (tertiary/aromatic N) is 1. The van der Waals surface area contributed by atoms with Gasteiger partial charge in [-0.2, -0.15) is 0 Å². The van der Waals surface area contributed by atoms with Crippen LogP contribution in [0.3, 0.4) is 0 Å². The van der Waals surface area contributed by atoms with E-state index in [1.807, 2.05) is 24.3 Å². The molecule has 0 saturated carbocycles. The molecule has 5 rings (SSSR count). The average Bonchev–Trinajstić information content (AvgIpc) is 2.98. The first kappa shape index (κ1) is 22.7. The van der Waals surface area contributed by atoms with E-state index >= 15 is 0 Å². The van der Waals surface area contributed by atoms with Gasteiger partial charge in [0.05, 0.1) is 5.60 Å². The monoisotopic (exact) mass is 523 g/mol. The lowest BCUT2D eigenvalue weighted by Crippen LogP contribution is -2.42. The smallest absolute Gasteiger partial charge is 0.128 e. The Morgan fingerprint density at radius 3 is 2.55 bits per heavy atom. The topological polar surface area (TPSA) is 32.7 Å². The highest BCUT2D eigenvalue weighted by molar-refractivity contribution is 9.10. The Balaban J connectivity index is 1.30. The third kappa shape index (κ3) is 4.90. The molecular formula is C28H27BrClNO2. The first-order valence-corrected chi connectivity index (χ1v) is 12.6. The maximum Gasteiger partial charge on any atom is 0.128 e. The van der Waals surface area contributed by atoms with Crippen molar-refractivity contribution in [2.75, 3.05) is 19.6 Å². The van der Waals surface area contributed by atoms with E-state index in [-0.39, 0.29) is 0 Å². The second-order valence-electron chi connectivity index (χ2n) is 8.87. The zero-order valence-electron chi connectivity index (χ0n) is 18.4. The Morgan fingerprint density at radius 1 is 1.00 bits per heavy atom. The molecule has 3 aromatic rings. The van der Waals surface area contributed by atoms with Gasteiger partial charge in [-0.3, -0.25) is 0 Å². The summed E-state index contributed by atoms with van der Waals surface area (Å²) in [6.45, 7) is 3.30. The molecule has 1 N–H and O–H groups in total. The minimum atomic E-state index is -0.760. The lowest BCUT2D eigenvalue weighted by Gasteiger charge is -2.38. The van der Waals surface area contributed by atoms with Gasteiger partial charge in [0.2, 0.25) is 0 Å². The second-order valence-corrected chi connectivity index (χ2v) is 10.2. The summed E-state index contributed by atoms with van der Waals surface area (Å²) in [5.41, 5.74) is 5.03. The summed E-state index contributed by atoms with van der Waals surface area (Å²) in [4.78, 5) is 2.45. The molecule has 2 heterocycles. The van der Waals surface area contributed by atoms with E-state index in [0.29, 0.717) is 11.6 Å². The van der Waals surface area contributed by atoms with Crippen molar-refractivity contribution in [3.05, 3.63) is 105 Å². The van der Waals surface area contributed by atoms with Gasteiger partial charge in [-0.25, -0.2) is 0 Å². The largest absolute Gasteiger partial charge is 0.488 e. The van der Waals surface area contributed by atoms with Crippen molar-refractivity contribution in [1.82, 2.24) is 4.90 Å². The van der Waals surface area contributed by atoms with Gasteiger partial charge in [0, 0.05) is 34.7 Å². The van der Waals surface area contributed by atoms with Gasteiger partial charge < -0.3 is 14.7 Å². The molecule has 2 aliphatic rings. The maximum atomic E-state index is 11.2. The number of benzene rings is 3. The van der Waals surface area contributed by atoms with Crippen LogP contribution in [0, 0.1) is 0 Å². The van der Waals surface area contributed by atoms with E-state index in [1.54, 1.807) is 0 Å². The van der Waals surface area contributed by atoms with Crippen molar-refractivity contribution in [2.24, 2.45) is 0 Å². The van der Waals surface area contributed by atoms with Crippen LogP contribution in [0.1, 0.15) is 41.5 Å². The molecular weight excluding hydrogens is 498 g/mol. The molecule has 2 aliphatic heterocycles. The zero-order chi connectivity index (χ0) is 22.8. The third-order valence-electron chi connectivity index (χ3n) is 6.78. The van der Waals surface area contributed by atoms with E-state index in [0.717, 1.165) is 60.2 Å². The molecule has 0 unspecified atom stereocenters. The van der Waals surface area contributed by atoms with Gasteiger partial charge in [-0.15, -0.1) is 0 Å². The van der Waals surface area contributed by atoms with Crippen molar-refractivity contribution in [3.63, 3.8) is 0 Å². The van der Waals surface area contributed by atoms with Crippen molar-refractivity contribution in [1.29, 1.82) is 0 Å². The number of fused-ring (bicyclic) bond motifs is 2. The fraction of sp³-hybridized carbons (Fsp3) is 0.286. The van der Waals surface area contributed by atoms with Gasteiger partial charge in [-0.1, -0.05) is 70.0 Å². The highest BCUT2D eigenvalue weighted by Gasteiger charge is 2.33. The summed E-state index contributed by atoms with van der Waals surface area (Å²) in [7, 11) is 0. The number of halogens is 2. The van der Waals surface area contributed by atoms with Gasteiger partial charge in [0.15, 0.2) is 0 Å². The molecule has 0 spiro atoms. The van der Waals surface area contributed by atoms with Crippen molar-refractivity contribution in [3.8, 4) is 5.75 Å². The molecule has 0 atom stereocenters. The summed E-state index contributed by atoms with van der Waals surface area (Å²) >= 11 is 9.59. The lowest BCUT2D eigenvalue weighted by atomic mass is 9.84. The van der Waals surface area contributed by atoms with Crippen LogP contribution in [0.2, 0.25) is 5.02 Å². The molecule has 0 radical (unpaired) electrons. The van der Waals surface area contributed by atoms with Crippen molar-refractivity contribution >= 4 is 33.1 Å². The average molecular weight is 525 g/mol. The minimum Gasteiger partial charge on any atom is -0.488 e. The molecule has 0 aromatic heterocycles. The third-order valence-corrected chi connectivity index (χ3v) is 7.53. The summed E-state index contributed by atoms with van der Waals surface area (Å²) in [5, 5.41) is 11.9. The molecule has 3 nitrogen and oxygen atoms in total. The minimum absolute atomic E-state index is 0.576. The SMILES string of the molecule is OC1(c2ccc(Cl)cc2)CCN(CCC=C2c3ccccc3COc3cc(Br)ccc32)CC1. The van der Waals surface area contributed by atoms with Crippen LogP contribution in [0.15, 0.2) is 77.3 Å². The van der Waals surface area contributed by atoms with Crippen LogP contribution in [0.4, 0.5) is 0 Å². The molecule has 5 heteroatoms. The van der Waals surface area contributed by atoms with Gasteiger partial charge in [-0.05, 0) is 71.9 Å². The first-order chi connectivity index (χ1) is 16.0. The number of ether oxygens (including phenoxy) is 1. The van der Waals surface area contributed by atoms with Crippen LogP contribution in [0.5, 0.6) is 5.75 Å². The van der Waals surface area contributed by atoms with Gasteiger partial charge in [0.25, 0.3) is 0 Å². The van der Waals surface area contributed by atoms with Crippen LogP contribution >= 0.6 is 27.5 Å². The first-order valence-electron chi connectivity index (χ1n) is 11.4. The van der Waals surface area contributed by atoms with Crippen molar-refractivity contribution < 1.29 is 9.84 Å². The van der Waals surface area contributed by atoms with Gasteiger partial charge in [0.1, 0.15) is 12.4 Å². The number of likely N-dealkylation sites (tertiary alicyclic amines) is 1. The Morgan fingerprint density at radius 2 is 1.76 bits per heavy atom. The number of hydrogen-bond acceptors (Lipinski definition) is 3. The van der Waals surface area contributed by atoms with Crippen LogP contribution in [-0.4, -0.2) is 29.6 Å². The standard InChI is InChI=1S/C28H27BrClNO2/c29-22-9-12-26-25(24-5-2-1-4-20(24)19-33-27(26)18-22)6-3-15-31-16-13-28(32,14-17-31)21-7-10-23(30)11-8-21/h1-2,4-12,18,32H,3,13-17,19H2. The molecule has 33 heavy (non-hydrogen) atoms. The maximum absolute atomic E-state index is 11.2. The van der Waals surface area contributed by atoms with E-state index in [2.05, 4.69) is 69.4 Å². The summed E-state index contributed by atoms with van der Waals surface area (Å²) < 4.78 is 7.16. The fourth-order valence-electron chi connectivity index (χ4n) is 4.85. The molecule has 170 valence electrons. The van der Waals surface area contributed by atoms with Gasteiger partial charge >= 0.3 is 0 Å². The predicted molar refractivity (Wildman–Crippen MR) is 138 cm³/mol. The second kappa shape index (κ2) is 9.63. The number of rotatable bonds is 4. The zero-order valence-corrected chi connectivity index (χ0v) is 20.8. The molecule has 0 aliphatic carbocycles. The highest BCUT2D eigenvalue weighted by atomic mass is 79.9. The summed E-state index contributed by atoms with van der Waals surface area (Å²) in [5.74, 6) is 0.915. The number of aliphatic hydroxyl groups is 1. The van der Waals surface area contributed by atoms with E-state index in [4.69, 9.17) is 16.3 Å². The molecule has 1 saturated heterocycles. The van der Waals surface area contributed by atoms with E-state index in [9.17, 15) is 5.11 Å². The van der Waals surface area contributed by atoms with Crippen LogP contribution in [0.25, 0.3) is 5.57 Å². The number of piperidine rings is 1. The molecule has 1 fully saturated rings. The Bertz CT molecular complexity index is 1170. The predicted octanol–water partition coefficient (Wildman–Crippen LogP) is 6.80. The molecule has 0 amide bonds. The normalized spacial score (nSPS) is 18.8. The summed E-state index contributed by atoms with van der Waals surface area (Å²) in [6.07, 6.45) is 4.76. The van der Waals surface area contributed by atoms with E-state index in [1.165, 1.54) is 16.7 Å². The Hall–Kier alpha value is -2.11. The van der Waals surface area contributed by atoms with Crippen molar-refractivity contribution in [2.45, 2.75) is 31.5 Å². The highest BCUT2D eigenvalue weighted by Crippen LogP contribution is 2.38. The quantitative estimate of drug-likeness (QED) is 0.407. The number of hydrogen-bond donors (Lipinski definition) is 1. The molecule has 0 bridgehead atoms. The lowest BCUT2D eigenvalue weighted by molar-refractivity contribution is -0.0254. The Labute approximate surface area is 208 Å². The molecule has 3 aromatic carbocycles. The van der Waals surface area contributed by atoms with Crippen LogP contribution in [-0.2, 0) is 12.2 Å². The van der Waals surface area contributed by atoms with Crippen LogP contribution < -0.4 is 4.74 Å². The van der Waals surface area contributed by atoms with E-state index < -0.39 is 5.60 Å². The summed E-state index contributed by atoms with van der Waals surface area (Å²) in [6, 6.07) is 22.4. The Kier molecular flexibility index (Phi) is 6.62. The fourth-order valence-corrected chi connectivity index (χ4v) is 5.32.